The second-order valence-electron chi connectivity index (χ2n) is 7.27. The van der Waals surface area contributed by atoms with Crippen LogP contribution in [0.2, 0.25) is 0 Å². The predicted molar refractivity (Wildman–Crippen MR) is 97.8 cm³/mol. The molecule has 1 N–H and O–H groups in total. The molecule has 3 heterocycles. The van der Waals surface area contributed by atoms with Crippen LogP contribution < -0.4 is 5.32 Å². The van der Waals surface area contributed by atoms with Crippen LogP contribution >= 0.6 is 0 Å². The van der Waals surface area contributed by atoms with Gasteiger partial charge in [-0.25, -0.2) is 0 Å². The molecule has 9 heteroatoms. The molecule has 4 rings (SSSR count). The van der Waals surface area contributed by atoms with Crippen molar-refractivity contribution in [2.24, 2.45) is 0 Å². The Balaban J connectivity index is 1.53. The second-order valence-corrected chi connectivity index (χ2v) is 7.27. The fraction of sp³-hybridized carbons (Fsp3) is 0.300. The van der Waals surface area contributed by atoms with Gasteiger partial charge in [-0.05, 0) is 49.7 Å². The lowest BCUT2D eigenvalue weighted by Crippen LogP contribution is -2.23. The molecule has 1 aromatic carbocycles. The molecule has 2 aromatic heterocycles. The highest BCUT2D eigenvalue weighted by atomic mass is 19.4. The summed E-state index contributed by atoms with van der Waals surface area (Å²) in [6.45, 7) is 4.33. The number of rotatable bonds is 3. The van der Waals surface area contributed by atoms with E-state index >= 15 is 0 Å². The number of halogens is 3. The van der Waals surface area contributed by atoms with E-state index in [0.717, 1.165) is 28.1 Å². The third-order valence-electron chi connectivity index (χ3n) is 4.91. The molecule has 29 heavy (non-hydrogen) atoms. The maximum absolute atomic E-state index is 12.5. The van der Waals surface area contributed by atoms with Crippen molar-refractivity contribution in [1.29, 1.82) is 0 Å². The zero-order valence-corrected chi connectivity index (χ0v) is 15.7. The van der Waals surface area contributed by atoms with Gasteiger partial charge in [-0.1, -0.05) is 0 Å². The molecule has 1 amide bonds. The Kier molecular flexibility index (Phi) is 4.49. The van der Waals surface area contributed by atoms with Gasteiger partial charge in [-0.2, -0.15) is 18.3 Å². The van der Waals surface area contributed by atoms with Gasteiger partial charge in [-0.15, -0.1) is 5.10 Å². The van der Waals surface area contributed by atoms with Crippen molar-refractivity contribution in [3.8, 4) is 0 Å². The monoisotopic (exact) mass is 402 g/mol. The summed E-state index contributed by atoms with van der Waals surface area (Å²) in [6.07, 6.45) is -2.75. The maximum Gasteiger partial charge on any atom is 0.435 e. The van der Waals surface area contributed by atoms with E-state index in [1.54, 1.807) is 24.4 Å². The van der Waals surface area contributed by atoms with Gasteiger partial charge in [0.1, 0.15) is 0 Å². The van der Waals surface area contributed by atoms with E-state index in [9.17, 15) is 18.0 Å². The third kappa shape index (κ3) is 3.65. The number of alkyl halides is 3. The molecule has 1 aliphatic heterocycles. The number of benzene rings is 1. The van der Waals surface area contributed by atoms with Gasteiger partial charge in [-0.3, -0.25) is 9.78 Å². The van der Waals surface area contributed by atoms with Gasteiger partial charge in [0.25, 0.3) is 5.91 Å². The fourth-order valence-electron chi connectivity index (χ4n) is 3.27. The van der Waals surface area contributed by atoms with E-state index < -0.39 is 17.5 Å². The highest BCUT2D eigenvalue weighted by Crippen LogP contribution is 2.38. The average molecular weight is 402 g/mol. The quantitative estimate of drug-likeness (QED) is 0.722. The van der Waals surface area contributed by atoms with Crippen LogP contribution in [0.25, 0.3) is 10.9 Å². The van der Waals surface area contributed by atoms with Crippen LogP contribution in [0.4, 0.5) is 13.2 Å². The SMILES string of the molecule is CC1(C)OCc2c1cnc1ccc(C(=O)NCc3ccc(C(F)(F)F)nn3)cc21. The van der Waals surface area contributed by atoms with Crippen LogP contribution in [-0.2, 0) is 29.7 Å². The molecule has 0 saturated heterocycles. The van der Waals surface area contributed by atoms with Crippen molar-refractivity contribution >= 4 is 16.8 Å². The third-order valence-corrected chi connectivity index (χ3v) is 4.91. The van der Waals surface area contributed by atoms with Crippen LogP contribution in [0.5, 0.6) is 0 Å². The molecule has 1 aliphatic rings. The highest BCUT2D eigenvalue weighted by Gasteiger charge is 2.33. The van der Waals surface area contributed by atoms with Crippen molar-refractivity contribution in [2.45, 2.75) is 38.8 Å². The second kappa shape index (κ2) is 6.77. The Morgan fingerprint density at radius 2 is 2.00 bits per heavy atom. The molecule has 0 saturated carbocycles. The van der Waals surface area contributed by atoms with Gasteiger partial charge in [0.15, 0.2) is 5.69 Å². The Morgan fingerprint density at radius 1 is 1.21 bits per heavy atom. The van der Waals surface area contributed by atoms with E-state index in [4.69, 9.17) is 4.74 Å². The topological polar surface area (TPSA) is 77.0 Å². The summed E-state index contributed by atoms with van der Waals surface area (Å²) in [7, 11) is 0. The first-order valence-electron chi connectivity index (χ1n) is 8.89. The zero-order chi connectivity index (χ0) is 20.8. The van der Waals surface area contributed by atoms with Crippen LogP contribution in [-0.4, -0.2) is 21.1 Å². The van der Waals surface area contributed by atoms with Gasteiger partial charge < -0.3 is 10.1 Å². The van der Waals surface area contributed by atoms with Crippen LogP contribution in [0.15, 0.2) is 36.5 Å². The van der Waals surface area contributed by atoms with E-state index in [2.05, 4.69) is 20.5 Å². The van der Waals surface area contributed by atoms with E-state index in [-0.39, 0.29) is 18.1 Å². The molecular formula is C20H17F3N4O2. The van der Waals surface area contributed by atoms with E-state index in [1.807, 2.05) is 13.8 Å². The van der Waals surface area contributed by atoms with E-state index in [1.165, 1.54) is 6.07 Å². The molecule has 0 spiro atoms. The van der Waals surface area contributed by atoms with Crippen molar-refractivity contribution in [2.75, 3.05) is 0 Å². The summed E-state index contributed by atoms with van der Waals surface area (Å²) in [5.74, 6) is -0.371. The number of nitrogens with zero attached hydrogens (tertiary/aromatic N) is 3. The molecule has 0 radical (unpaired) electrons. The van der Waals surface area contributed by atoms with Crippen molar-refractivity contribution < 1.29 is 22.7 Å². The number of hydrogen-bond donors (Lipinski definition) is 1. The Labute approximate surface area is 164 Å². The average Bonchev–Trinajstić information content (AvgIpc) is 3.00. The van der Waals surface area contributed by atoms with Crippen molar-refractivity contribution in [3.63, 3.8) is 0 Å². The summed E-state index contributed by atoms with van der Waals surface area (Å²) in [4.78, 5) is 17.0. The lowest BCUT2D eigenvalue weighted by atomic mass is 9.95. The summed E-state index contributed by atoms with van der Waals surface area (Å²) < 4.78 is 43.4. The molecule has 0 fully saturated rings. The number of nitrogens with one attached hydrogen (secondary N) is 1. The summed E-state index contributed by atoms with van der Waals surface area (Å²) in [5.41, 5.74) is 1.88. The summed E-state index contributed by atoms with van der Waals surface area (Å²) >= 11 is 0. The van der Waals surface area contributed by atoms with Crippen LogP contribution in [0.3, 0.4) is 0 Å². The summed E-state index contributed by atoms with van der Waals surface area (Å²) in [5, 5.41) is 10.1. The minimum atomic E-state index is -4.55. The Morgan fingerprint density at radius 3 is 2.69 bits per heavy atom. The molecule has 0 unspecified atom stereocenters. The number of fused-ring (bicyclic) bond motifs is 3. The van der Waals surface area contributed by atoms with Crippen molar-refractivity contribution in [3.05, 3.63) is 64.6 Å². The van der Waals surface area contributed by atoms with Gasteiger partial charge in [0.2, 0.25) is 0 Å². The fourth-order valence-corrected chi connectivity index (χ4v) is 3.27. The van der Waals surface area contributed by atoms with E-state index in [0.29, 0.717) is 12.2 Å². The normalized spacial score (nSPS) is 15.3. The molecule has 6 nitrogen and oxygen atoms in total. The number of carbonyl (C=O) groups excluding carboxylic acids is 1. The minimum absolute atomic E-state index is 0.0384. The number of amides is 1. The minimum Gasteiger partial charge on any atom is -0.366 e. The maximum atomic E-state index is 12.5. The van der Waals surface area contributed by atoms with Crippen LogP contribution in [0.1, 0.15) is 46.7 Å². The smallest absolute Gasteiger partial charge is 0.366 e. The first-order valence-corrected chi connectivity index (χ1v) is 8.89. The van der Waals surface area contributed by atoms with Gasteiger partial charge in [0, 0.05) is 22.7 Å². The highest BCUT2D eigenvalue weighted by molar-refractivity contribution is 5.98. The lowest BCUT2D eigenvalue weighted by Gasteiger charge is -2.17. The molecule has 0 aliphatic carbocycles. The Bertz CT molecular complexity index is 1100. The molecule has 3 aromatic rings. The van der Waals surface area contributed by atoms with Gasteiger partial charge >= 0.3 is 6.18 Å². The molecule has 150 valence electrons. The number of carbonyl (C=O) groups is 1. The first-order chi connectivity index (χ1) is 13.6. The first kappa shape index (κ1) is 19.3. The summed E-state index contributed by atoms with van der Waals surface area (Å²) in [6, 6.07) is 7.18. The number of hydrogen-bond acceptors (Lipinski definition) is 5. The lowest BCUT2D eigenvalue weighted by molar-refractivity contribution is -0.141. The molecule has 0 atom stereocenters. The Hall–Kier alpha value is -3.07. The number of pyridine rings is 1. The number of aromatic nitrogens is 3. The standard InChI is InChI=1S/C20H17F3N4O2/c1-19(2)15-9-24-16-5-3-11(7-13(16)14(15)10-29-19)18(28)25-8-12-4-6-17(27-26-12)20(21,22)23/h3-7,9H,8,10H2,1-2H3,(H,25,28). The predicted octanol–water partition coefficient (Wildman–Crippen LogP) is 3.74. The van der Waals surface area contributed by atoms with Gasteiger partial charge in [0.05, 0.1) is 30.0 Å². The van der Waals surface area contributed by atoms with Crippen LogP contribution in [0, 0.1) is 0 Å². The molecular weight excluding hydrogens is 385 g/mol. The van der Waals surface area contributed by atoms with Crippen molar-refractivity contribution in [1.82, 2.24) is 20.5 Å². The molecule has 0 bridgehead atoms. The largest absolute Gasteiger partial charge is 0.435 e. The zero-order valence-electron chi connectivity index (χ0n) is 15.7. The number of ether oxygens (including phenoxy) is 1.